The van der Waals surface area contributed by atoms with E-state index in [-0.39, 0.29) is 15.9 Å². The van der Waals surface area contributed by atoms with E-state index < -0.39 is 33.6 Å². The van der Waals surface area contributed by atoms with Gasteiger partial charge in [-0.1, -0.05) is 53.7 Å². The molecule has 0 fully saturated rings. The third-order valence-electron chi connectivity index (χ3n) is 3.90. The Morgan fingerprint density at radius 3 is 2.52 bits per heavy atom. The molecule has 0 aliphatic heterocycles. The van der Waals surface area contributed by atoms with Crippen LogP contribution in [0.5, 0.6) is 0 Å². The van der Waals surface area contributed by atoms with E-state index in [1.54, 1.807) is 30.3 Å². The average Bonchev–Trinajstić information content (AvgIpc) is 2.73. The maximum atomic E-state index is 13.0. The standard InChI is InChI=1S/C19H12ClF3N4O3S/c20-13-7-6-12(10-14(13)27(29)30)25-17(28)16(11-4-2-1-3-5-11)31-18-24-9-8-15(26-18)19(21,22)23/h1-10,16H,(H,25,28). The molecule has 31 heavy (non-hydrogen) atoms. The third-order valence-corrected chi connectivity index (χ3v) is 5.35. The van der Waals surface area contributed by atoms with Gasteiger partial charge in [0.05, 0.1) is 4.92 Å². The Hall–Kier alpha value is -3.18. The van der Waals surface area contributed by atoms with E-state index in [2.05, 4.69) is 15.3 Å². The molecule has 0 saturated heterocycles. The van der Waals surface area contributed by atoms with Gasteiger partial charge in [-0.3, -0.25) is 14.9 Å². The first kappa shape index (κ1) is 22.5. The van der Waals surface area contributed by atoms with Gasteiger partial charge in [-0.2, -0.15) is 13.2 Å². The van der Waals surface area contributed by atoms with Crippen LogP contribution in [0.15, 0.2) is 66.0 Å². The first-order valence-electron chi connectivity index (χ1n) is 8.52. The van der Waals surface area contributed by atoms with Crippen LogP contribution in [0.4, 0.5) is 24.5 Å². The van der Waals surface area contributed by atoms with Crippen molar-refractivity contribution in [1.82, 2.24) is 9.97 Å². The fourth-order valence-corrected chi connectivity index (χ4v) is 3.63. The van der Waals surface area contributed by atoms with Crippen molar-refractivity contribution in [2.75, 3.05) is 5.32 Å². The van der Waals surface area contributed by atoms with Crippen molar-refractivity contribution in [1.29, 1.82) is 0 Å². The van der Waals surface area contributed by atoms with Gasteiger partial charge in [0, 0.05) is 18.0 Å². The van der Waals surface area contributed by atoms with Crippen molar-refractivity contribution in [2.24, 2.45) is 0 Å². The Morgan fingerprint density at radius 1 is 1.16 bits per heavy atom. The van der Waals surface area contributed by atoms with Gasteiger partial charge < -0.3 is 5.32 Å². The van der Waals surface area contributed by atoms with Crippen molar-refractivity contribution in [2.45, 2.75) is 16.6 Å². The minimum Gasteiger partial charge on any atom is -0.325 e. The quantitative estimate of drug-likeness (QED) is 0.221. The molecular formula is C19H12ClF3N4O3S. The number of aromatic nitrogens is 2. The van der Waals surface area contributed by atoms with E-state index in [1.165, 1.54) is 12.1 Å². The molecule has 3 rings (SSSR count). The van der Waals surface area contributed by atoms with Crippen LogP contribution in [0, 0.1) is 10.1 Å². The molecule has 0 aliphatic rings. The lowest BCUT2D eigenvalue weighted by atomic mass is 10.1. The van der Waals surface area contributed by atoms with Crippen molar-refractivity contribution >= 4 is 40.6 Å². The number of thioether (sulfide) groups is 1. The number of nitro benzene ring substituents is 1. The Balaban J connectivity index is 1.91. The van der Waals surface area contributed by atoms with Crippen LogP contribution in [0.1, 0.15) is 16.5 Å². The number of nitro groups is 1. The van der Waals surface area contributed by atoms with Gasteiger partial charge in [0.1, 0.15) is 16.0 Å². The lowest BCUT2D eigenvalue weighted by Crippen LogP contribution is -2.19. The summed E-state index contributed by atoms with van der Waals surface area (Å²) in [6, 6.07) is 12.7. The molecule has 1 N–H and O–H groups in total. The second-order valence-electron chi connectivity index (χ2n) is 6.04. The van der Waals surface area contributed by atoms with E-state index in [1.807, 2.05) is 0 Å². The predicted octanol–water partition coefficient (Wildman–Crippen LogP) is 5.53. The highest BCUT2D eigenvalue weighted by molar-refractivity contribution is 8.00. The number of benzene rings is 2. The summed E-state index contributed by atoms with van der Waals surface area (Å²) in [5, 5.41) is 12.2. The van der Waals surface area contributed by atoms with Crippen molar-refractivity contribution in [3.8, 4) is 0 Å². The van der Waals surface area contributed by atoms with Gasteiger partial charge >= 0.3 is 6.18 Å². The molecule has 1 unspecified atom stereocenters. The zero-order chi connectivity index (χ0) is 22.6. The van der Waals surface area contributed by atoms with Crippen molar-refractivity contribution < 1.29 is 22.9 Å². The van der Waals surface area contributed by atoms with Gasteiger partial charge in [-0.15, -0.1) is 0 Å². The summed E-state index contributed by atoms with van der Waals surface area (Å²) in [6.45, 7) is 0. The molecule has 1 amide bonds. The number of hydrogen-bond acceptors (Lipinski definition) is 6. The minimum absolute atomic E-state index is 0.102. The van der Waals surface area contributed by atoms with E-state index >= 15 is 0 Å². The zero-order valence-corrected chi connectivity index (χ0v) is 16.9. The number of halogens is 4. The summed E-state index contributed by atoms with van der Waals surface area (Å²) in [7, 11) is 0. The molecule has 7 nitrogen and oxygen atoms in total. The first-order valence-corrected chi connectivity index (χ1v) is 9.77. The number of carbonyl (C=O) groups excluding carboxylic acids is 1. The molecule has 0 saturated carbocycles. The third kappa shape index (κ3) is 5.70. The second-order valence-corrected chi connectivity index (χ2v) is 7.52. The predicted molar refractivity (Wildman–Crippen MR) is 109 cm³/mol. The van der Waals surface area contributed by atoms with Crippen LogP contribution in [0.25, 0.3) is 0 Å². The van der Waals surface area contributed by atoms with E-state index in [0.717, 1.165) is 30.1 Å². The maximum absolute atomic E-state index is 13.0. The highest BCUT2D eigenvalue weighted by Gasteiger charge is 2.33. The fourth-order valence-electron chi connectivity index (χ4n) is 2.50. The Morgan fingerprint density at radius 2 is 1.87 bits per heavy atom. The van der Waals surface area contributed by atoms with Gasteiger partial charge in [-0.25, -0.2) is 9.97 Å². The van der Waals surface area contributed by atoms with Crippen LogP contribution >= 0.6 is 23.4 Å². The molecule has 1 aromatic heterocycles. The normalized spacial score (nSPS) is 12.3. The van der Waals surface area contributed by atoms with E-state index in [4.69, 9.17) is 11.6 Å². The Labute approximate surface area is 182 Å². The molecule has 0 spiro atoms. The second kappa shape index (κ2) is 9.31. The Kier molecular flexibility index (Phi) is 6.76. The Bertz CT molecular complexity index is 1120. The summed E-state index contributed by atoms with van der Waals surface area (Å²) in [5.74, 6) is -0.631. The number of nitrogens with zero attached hydrogens (tertiary/aromatic N) is 3. The number of rotatable bonds is 6. The van der Waals surface area contributed by atoms with E-state index in [0.29, 0.717) is 5.56 Å². The topological polar surface area (TPSA) is 98.0 Å². The number of hydrogen-bond donors (Lipinski definition) is 1. The minimum atomic E-state index is -4.66. The maximum Gasteiger partial charge on any atom is 0.433 e. The first-order chi connectivity index (χ1) is 14.6. The molecule has 0 radical (unpaired) electrons. The molecule has 1 atom stereocenters. The van der Waals surface area contributed by atoms with Gasteiger partial charge in [0.15, 0.2) is 5.16 Å². The zero-order valence-electron chi connectivity index (χ0n) is 15.3. The molecular weight excluding hydrogens is 457 g/mol. The lowest BCUT2D eigenvalue weighted by Gasteiger charge is -2.17. The van der Waals surface area contributed by atoms with E-state index in [9.17, 15) is 28.1 Å². The highest BCUT2D eigenvalue weighted by atomic mass is 35.5. The number of amides is 1. The molecule has 160 valence electrons. The number of alkyl halides is 3. The van der Waals surface area contributed by atoms with Gasteiger partial charge in [-0.05, 0) is 23.8 Å². The van der Waals surface area contributed by atoms with Crippen LogP contribution in [-0.4, -0.2) is 20.8 Å². The SMILES string of the molecule is O=C(Nc1ccc(Cl)c([N+](=O)[O-])c1)C(Sc1nccc(C(F)(F)F)n1)c1ccccc1. The summed E-state index contributed by atoms with van der Waals surface area (Å²) in [6.07, 6.45) is -3.70. The van der Waals surface area contributed by atoms with Gasteiger partial charge in [0.2, 0.25) is 5.91 Å². The van der Waals surface area contributed by atoms with Crippen LogP contribution in [-0.2, 0) is 11.0 Å². The summed E-state index contributed by atoms with van der Waals surface area (Å²) < 4.78 is 38.9. The summed E-state index contributed by atoms with van der Waals surface area (Å²) >= 11 is 6.50. The van der Waals surface area contributed by atoms with Crippen molar-refractivity contribution in [3.05, 3.63) is 87.2 Å². The summed E-state index contributed by atoms with van der Waals surface area (Å²) in [5.41, 5.74) is -0.947. The van der Waals surface area contributed by atoms with Gasteiger partial charge in [0.25, 0.3) is 5.69 Å². The molecule has 12 heteroatoms. The number of nitrogens with one attached hydrogen (secondary N) is 1. The number of anilines is 1. The molecule has 0 bridgehead atoms. The van der Waals surface area contributed by atoms with Crippen molar-refractivity contribution in [3.63, 3.8) is 0 Å². The molecule has 3 aromatic rings. The largest absolute Gasteiger partial charge is 0.433 e. The van der Waals surface area contributed by atoms with Crippen LogP contribution in [0.3, 0.4) is 0 Å². The average molecular weight is 469 g/mol. The molecule has 1 heterocycles. The highest BCUT2D eigenvalue weighted by Crippen LogP contribution is 2.36. The molecule has 2 aromatic carbocycles. The summed E-state index contributed by atoms with van der Waals surface area (Å²) in [4.78, 5) is 30.6. The lowest BCUT2D eigenvalue weighted by molar-refractivity contribution is -0.384. The monoisotopic (exact) mass is 468 g/mol. The smallest absolute Gasteiger partial charge is 0.325 e. The van der Waals surface area contributed by atoms with Crippen LogP contribution < -0.4 is 5.32 Å². The number of carbonyl (C=O) groups is 1. The van der Waals surface area contributed by atoms with Crippen LogP contribution in [0.2, 0.25) is 5.02 Å². The fraction of sp³-hybridized carbons (Fsp3) is 0.105. The molecule has 0 aliphatic carbocycles.